The molecule has 1 unspecified atom stereocenters. The number of halogens is 1. The van der Waals surface area contributed by atoms with Crippen LogP contribution in [-0.2, 0) is 6.42 Å². The monoisotopic (exact) mass is 268 g/mol. The van der Waals surface area contributed by atoms with E-state index in [-0.39, 0.29) is 0 Å². The minimum atomic E-state index is 0.642. The Kier molecular flexibility index (Phi) is 4.85. The standard InChI is InChI=1S/C14H21Br/c1-10-8-11(2)14(12(3)9-10)7-5-6-13(4)15/h8-9,13H,5-7H2,1-4H3. The fourth-order valence-corrected chi connectivity index (χ4v) is 2.49. The molecule has 0 fully saturated rings. The van der Waals surface area contributed by atoms with Crippen LogP contribution in [0.2, 0.25) is 0 Å². The van der Waals surface area contributed by atoms with Gasteiger partial charge in [-0.25, -0.2) is 0 Å². The van der Waals surface area contributed by atoms with Crippen LogP contribution >= 0.6 is 15.9 Å². The van der Waals surface area contributed by atoms with Crippen molar-refractivity contribution in [1.82, 2.24) is 0 Å². The fourth-order valence-electron chi connectivity index (χ4n) is 2.16. The molecule has 84 valence electrons. The minimum Gasteiger partial charge on any atom is -0.0894 e. The molecule has 0 nitrogen and oxygen atoms in total. The lowest BCUT2D eigenvalue weighted by atomic mass is 9.95. The lowest BCUT2D eigenvalue weighted by Crippen LogP contribution is -1.98. The molecule has 1 rings (SSSR count). The number of benzene rings is 1. The van der Waals surface area contributed by atoms with Gasteiger partial charge in [-0.2, -0.15) is 0 Å². The largest absolute Gasteiger partial charge is 0.0894 e. The van der Waals surface area contributed by atoms with Crippen molar-refractivity contribution < 1.29 is 0 Å². The predicted molar refractivity (Wildman–Crippen MR) is 72.0 cm³/mol. The molecule has 15 heavy (non-hydrogen) atoms. The van der Waals surface area contributed by atoms with Gasteiger partial charge in [0.2, 0.25) is 0 Å². The van der Waals surface area contributed by atoms with Crippen LogP contribution in [0.1, 0.15) is 42.0 Å². The van der Waals surface area contributed by atoms with Gasteiger partial charge in [-0.3, -0.25) is 0 Å². The Bertz CT molecular complexity index is 303. The molecule has 0 spiro atoms. The lowest BCUT2D eigenvalue weighted by Gasteiger charge is -2.11. The van der Waals surface area contributed by atoms with Crippen molar-refractivity contribution in [2.75, 3.05) is 0 Å². The van der Waals surface area contributed by atoms with Gasteiger partial charge in [-0.1, -0.05) is 40.5 Å². The van der Waals surface area contributed by atoms with Crippen LogP contribution in [0.3, 0.4) is 0 Å². The minimum absolute atomic E-state index is 0.642. The Morgan fingerprint density at radius 2 is 1.67 bits per heavy atom. The molecule has 0 radical (unpaired) electrons. The van der Waals surface area contributed by atoms with Crippen LogP contribution in [0.5, 0.6) is 0 Å². The Morgan fingerprint density at radius 1 is 1.13 bits per heavy atom. The summed E-state index contributed by atoms with van der Waals surface area (Å²) in [5.41, 5.74) is 5.83. The van der Waals surface area contributed by atoms with E-state index in [1.54, 1.807) is 5.56 Å². The summed E-state index contributed by atoms with van der Waals surface area (Å²) in [5, 5.41) is 0. The first-order valence-electron chi connectivity index (χ1n) is 5.71. The summed E-state index contributed by atoms with van der Waals surface area (Å²) in [7, 11) is 0. The van der Waals surface area contributed by atoms with E-state index in [1.807, 2.05) is 0 Å². The van der Waals surface area contributed by atoms with Crippen molar-refractivity contribution >= 4 is 15.9 Å². The maximum atomic E-state index is 3.60. The molecular formula is C14H21Br. The predicted octanol–water partition coefficient (Wildman–Crippen LogP) is 4.72. The van der Waals surface area contributed by atoms with Gasteiger partial charge < -0.3 is 0 Å². The van der Waals surface area contributed by atoms with E-state index in [0.29, 0.717) is 4.83 Å². The van der Waals surface area contributed by atoms with Gasteiger partial charge in [0.1, 0.15) is 0 Å². The number of hydrogen-bond acceptors (Lipinski definition) is 0. The second-order valence-electron chi connectivity index (χ2n) is 4.55. The summed E-state index contributed by atoms with van der Waals surface area (Å²) in [6.07, 6.45) is 3.75. The molecule has 0 saturated heterocycles. The molecule has 0 bridgehead atoms. The van der Waals surface area contributed by atoms with Gasteiger partial charge in [-0.05, 0) is 56.7 Å². The average Bonchev–Trinajstić information content (AvgIpc) is 2.08. The van der Waals surface area contributed by atoms with Crippen molar-refractivity contribution in [1.29, 1.82) is 0 Å². The molecule has 0 N–H and O–H groups in total. The van der Waals surface area contributed by atoms with Crippen molar-refractivity contribution in [3.63, 3.8) is 0 Å². The summed E-state index contributed by atoms with van der Waals surface area (Å²) in [5.74, 6) is 0. The highest BCUT2D eigenvalue weighted by molar-refractivity contribution is 9.09. The average molecular weight is 269 g/mol. The second kappa shape index (κ2) is 5.69. The van der Waals surface area contributed by atoms with E-state index in [9.17, 15) is 0 Å². The lowest BCUT2D eigenvalue weighted by molar-refractivity contribution is 0.731. The smallest absolute Gasteiger partial charge is 0.0117 e. The van der Waals surface area contributed by atoms with Crippen LogP contribution < -0.4 is 0 Å². The van der Waals surface area contributed by atoms with Crippen molar-refractivity contribution in [3.8, 4) is 0 Å². The summed E-state index contributed by atoms with van der Waals surface area (Å²) in [4.78, 5) is 0.642. The quantitative estimate of drug-likeness (QED) is 0.694. The molecule has 1 heteroatoms. The molecule has 1 aromatic carbocycles. The maximum absolute atomic E-state index is 3.60. The molecular weight excluding hydrogens is 248 g/mol. The normalized spacial score (nSPS) is 12.9. The SMILES string of the molecule is Cc1cc(C)c(CCCC(C)Br)c(C)c1. The molecule has 0 amide bonds. The zero-order valence-corrected chi connectivity index (χ0v) is 11.8. The summed E-state index contributed by atoms with van der Waals surface area (Å²) in [6.45, 7) is 8.85. The van der Waals surface area contributed by atoms with Gasteiger partial charge in [0.15, 0.2) is 0 Å². The third-order valence-corrected chi connectivity index (χ3v) is 3.33. The van der Waals surface area contributed by atoms with Gasteiger partial charge in [0.25, 0.3) is 0 Å². The van der Waals surface area contributed by atoms with Crippen LogP contribution in [0.25, 0.3) is 0 Å². The maximum Gasteiger partial charge on any atom is 0.0117 e. The molecule has 0 aromatic heterocycles. The number of alkyl halides is 1. The van der Waals surface area contributed by atoms with E-state index >= 15 is 0 Å². The van der Waals surface area contributed by atoms with E-state index in [4.69, 9.17) is 0 Å². The van der Waals surface area contributed by atoms with E-state index in [1.165, 1.54) is 36.0 Å². The molecule has 0 aliphatic carbocycles. The summed E-state index contributed by atoms with van der Waals surface area (Å²) in [6, 6.07) is 4.58. The van der Waals surface area contributed by atoms with Crippen LogP contribution in [0.4, 0.5) is 0 Å². The summed E-state index contributed by atoms with van der Waals surface area (Å²) >= 11 is 3.60. The fraction of sp³-hybridized carbons (Fsp3) is 0.571. The first kappa shape index (κ1) is 12.8. The Labute approximate surface area is 102 Å². The number of hydrogen-bond donors (Lipinski definition) is 0. The zero-order chi connectivity index (χ0) is 11.4. The van der Waals surface area contributed by atoms with Crippen molar-refractivity contribution in [2.45, 2.75) is 51.8 Å². The zero-order valence-electron chi connectivity index (χ0n) is 10.2. The molecule has 1 atom stereocenters. The first-order valence-corrected chi connectivity index (χ1v) is 6.63. The first-order chi connectivity index (χ1) is 7.00. The Balaban J connectivity index is 2.68. The molecule has 0 saturated carbocycles. The highest BCUT2D eigenvalue weighted by Gasteiger charge is 2.04. The highest BCUT2D eigenvalue weighted by atomic mass is 79.9. The molecule has 0 aliphatic rings. The van der Waals surface area contributed by atoms with Gasteiger partial charge >= 0.3 is 0 Å². The highest BCUT2D eigenvalue weighted by Crippen LogP contribution is 2.19. The van der Waals surface area contributed by atoms with Crippen molar-refractivity contribution in [2.24, 2.45) is 0 Å². The Hall–Kier alpha value is -0.300. The Morgan fingerprint density at radius 3 is 2.13 bits per heavy atom. The van der Waals surface area contributed by atoms with Crippen molar-refractivity contribution in [3.05, 3.63) is 34.4 Å². The van der Waals surface area contributed by atoms with Crippen LogP contribution in [0, 0.1) is 20.8 Å². The molecule has 0 aliphatic heterocycles. The van der Waals surface area contributed by atoms with Crippen LogP contribution in [-0.4, -0.2) is 4.83 Å². The number of aryl methyl sites for hydroxylation is 3. The summed E-state index contributed by atoms with van der Waals surface area (Å²) < 4.78 is 0. The second-order valence-corrected chi connectivity index (χ2v) is 6.11. The third-order valence-electron chi connectivity index (χ3n) is 2.87. The van der Waals surface area contributed by atoms with Gasteiger partial charge in [-0.15, -0.1) is 0 Å². The van der Waals surface area contributed by atoms with E-state index < -0.39 is 0 Å². The molecule has 1 aromatic rings. The van der Waals surface area contributed by atoms with E-state index in [0.717, 1.165) is 0 Å². The third kappa shape index (κ3) is 3.98. The van der Waals surface area contributed by atoms with Gasteiger partial charge in [0.05, 0.1) is 0 Å². The number of rotatable bonds is 4. The van der Waals surface area contributed by atoms with Gasteiger partial charge in [0, 0.05) is 4.83 Å². The van der Waals surface area contributed by atoms with E-state index in [2.05, 4.69) is 55.8 Å². The molecule has 0 heterocycles. The topological polar surface area (TPSA) is 0 Å². The van der Waals surface area contributed by atoms with Crippen LogP contribution in [0.15, 0.2) is 12.1 Å².